The maximum atomic E-state index is 12.6. The highest BCUT2D eigenvalue weighted by Crippen LogP contribution is 2.22. The van der Waals surface area contributed by atoms with E-state index in [1.165, 1.54) is 0 Å². The van der Waals surface area contributed by atoms with Crippen LogP contribution in [0.3, 0.4) is 0 Å². The molecule has 0 saturated carbocycles. The number of hydrogen-bond donors (Lipinski definition) is 2. The highest BCUT2D eigenvalue weighted by atomic mass is 35.5. The molecule has 26 heavy (non-hydrogen) atoms. The SMILES string of the molecule is Cl.O=C(CC1CCCN1)Nc1ccccc1CS(=O)(=O)c1ccccc1. The fourth-order valence-electron chi connectivity index (χ4n) is 3.04. The van der Waals surface area contributed by atoms with E-state index < -0.39 is 9.84 Å². The van der Waals surface area contributed by atoms with Crippen LogP contribution in [0.4, 0.5) is 5.69 Å². The number of halogens is 1. The minimum atomic E-state index is -3.46. The molecule has 1 saturated heterocycles. The van der Waals surface area contributed by atoms with Crippen LogP contribution in [0.1, 0.15) is 24.8 Å². The van der Waals surface area contributed by atoms with Crippen LogP contribution in [-0.2, 0) is 20.4 Å². The zero-order valence-corrected chi connectivity index (χ0v) is 16.0. The molecule has 0 aromatic heterocycles. The van der Waals surface area contributed by atoms with Crippen LogP contribution in [-0.4, -0.2) is 26.9 Å². The van der Waals surface area contributed by atoms with Crippen LogP contribution in [0.2, 0.25) is 0 Å². The summed E-state index contributed by atoms with van der Waals surface area (Å²) in [5, 5.41) is 6.16. The number of para-hydroxylation sites is 1. The fourth-order valence-corrected chi connectivity index (χ4v) is 4.44. The summed E-state index contributed by atoms with van der Waals surface area (Å²) in [4.78, 5) is 12.5. The van der Waals surface area contributed by atoms with Crippen LogP contribution in [0.25, 0.3) is 0 Å². The van der Waals surface area contributed by atoms with Crippen molar-refractivity contribution in [1.29, 1.82) is 0 Å². The third kappa shape index (κ3) is 5.30. The van der Waals surface area contributed by atoms with Gasteiger partial charge in [-0.2, -0.15) is 0 Å². The smallest absolute Gasteiger partial charge is 0.225 e. The molecule has 0 aliphatic carbocycles. The van der Waals surface area contributed by atoms with Crippen molar-refractivity contribution in [3.63, 3.8) is 0 Å². The van der Waals surface area contributed by atoms with E-state index in [2.05, 4.69) is 10.6 Å². The fraction of sp³-hybridized carbons (Fsp3) is 0.316. The van der Waals surface area contributed by atoms with Crippen molar-refractivity contribution in [2.24, 2.45) is 0 Å². The van der Waals surface area contributed by atoms with E-state index in [0.717, 1.165) is 19.4 Å². The van der Waals surface area contributed by atoms with Gasteiger partial charge in [-0.3, -0.25) is 4.79 Å². The molecule has 2 N–H and O–H groups in total. The molecule has 0 spiro atoms. The normalized spacial score (nSPS) is 16.7. The van der Waals surface area contributed by atoms with Gasteiger partial charge in [0.15, 0.2) is 9.84 Å². The molecule has 1 amide bonds. The number of amides is 1. The molecule has 0 radical (unpaired) electrons. The molecule has 140 valence electrons. The van der Waals surface area contributed by atoms with Gasteiger partial charge in [-0.05, 0) is 43.1 Å². The topological polar surface area (TPSA) is 75.3 Å². The number of rotatable bonds is 6. The van der Waals surface area contributed by atoms with Crippen molar-refractivity contribution >= 4 is 33.8 Å². The summed E-state index contributed by atoms with van der Waals surface area (Å²) in [6.45, 7) is 0.948. The summed E-state index contributed by atoms with van der Waals surface area (Å²) in [6.07, 6.45) is 2.49. The number of nitrogens with one attached hydrogen (secondary N) is 2. The molecule has 1 unspecified atom stereocenters. The molecule has 1 heterocycles. The number of benzene rings is 2. The van der Waals surface area contributed by atoms with E-state index in [1.54, 1.807) is 54.6 Å². The molecule has 1 aliphatic rings. The molecule has 3 rings (SSSR count). The summed E-state index contributed by atoms with van der Waals surface area (Å²) >= 11 is 0. The first kappa shape index (κ1) is 20.4. The molecule has 5 nitrogen and oxygen atoms in total. The van der Waals surface area contributed by atoms with E-state index >= 15 is 0 Å². The molecule has 1 atom stereocenters. The van der Waals surface area contributed by atoms with Gasteiger partial charge in [-0.1, -0.05) is 36.4 Å². The predicted octanol–water partition coefficient (Wildman–Crippen LogP) is 3.16. The Bertz CT molecular complexity index is 835. The largest absolute Gasteiger partial charge is 0.326 e. The van der Waals surface area contributed by atoms with E-state index in [-0.39, 0.29) is 35.0 Å². The first-order valence-electron chi connectivity index (χ1n) is 8.43. The summed E-state index contributed by atoms with van der Waals surface area (Å²) in [7, 11) is -3.46. The van der Waals surface area contributed by atoms with Crippen molar-refractivity contribution < 1.29 is 13.2 Å². The van der Waals surface area contributed by atoms with Gasteiger partial charge in [0, 0.05) is 18.2 Å². The number of anilines is 1. The second-order valence-electron chi connectivity index (χ2n) is 6.27. The first-order valence-corrected chi connectivity index (χ1v) is 10.1. The van der Waals surface area contributed by atoms with Crippen LogP contribution in [0.15, 0.2) is 59.5 Å². The third-order valence-electron chi connectivity index (χ3n) is 4.33. The summed E-state index contributed by atoms with van der Waals surface area (Å²) in [6, 6.07) is 15.6. The van der Waals surface area contributed by atoms with E-state index in [1.807, 2.05) is 0 Å². The maximum absolute atomic E-state index is 12.6. The van der Waals surface area contributed by atoms with E-state index in [4.69, 9.17) is 0 Å². The molecule has 0 bridgehead atoms. The minimum Gasteiger partial charge on any atom is -0.326 e. The first-order chi connectivity index (χ1) is 12.0. The molecule has 1 fully saturated rings. The monoisotopic (exact) mass is 394 g/mol. The third-order valence-corrected chi connectivity index (χ3v) is 6.01. The number of carbonyl (C=O) groups excluding carboxylic acids is 1. The molecule has 7 heteroatoms. The molecular formula is C19H23ClN2O3S. The highest BCUT2D eigenvalue weighted by molar-refractivity contribution is 7.90. The van der Waals surface area contributed by atoms with Crippen molar-refractivity contribution in [2.75, 3.05) is 11.9 Å². The zero-order chi connectivity index (χ0) is 17.7. The Kier molecular flexibility index (Phi) is 7.20. The van der Waals surface area contributed by atoms with Crippen molar-refractivity contribution in [3.8, 4) is 0 Å². The van der Waals surface area contributed by atoms with E-state index in [9.17, 15) is 13.2 Å². The average Bonchev–Trinajstić information content (AvgIpc) is 3.10. The highest BCUT2D eigenvalue weighted by Gasteiger charge is 2.20. The molecule has 1 aliphatic heterocycles. The lowest BCUT2D eigenvalue weighted by atomic mass is 10.1. The second-order valence-corrected chi connectivity index (χ2v) is 8.26. The Hall–Kier alpha value is -1.89. The van der Waals surface area contributed by atoms with Crippen molar-refractivity contribution in [1.82, 2.24) is 5.32 Å². The van der Waals surface area contributed by atoms with Crippen LogP contribution in [0.5, 0.6) is 0 Å². The maximum Gasteiger partial charge on any atom is 0.225 e. The van der Waals surface area contributed by atoms with Gasteiger partial charge in [0.05, 0.1) is 10.6 Å². The lowest BCUT2D eigenvalue weighted by molar-refractivity contribution is -0.116. The van der Waals surface area contributed by atoms with Crippen molar-refractivity contribution in [3.05, 3.63) is 60.2 Å². The summed E-state index contributed by atoms with van der Waals surface area (Å²) in [5.41, 5.74) is 1.16. The van der Waals surface area contributed by atoms with Gasteiger partial charge in [-0.15, -0.1) is 12.4 Å². The Labute approximate surface area is 160 Å². The van der Waals surface area contributed by atoms with Crippen LogP contribution >= 0.6 is 12.4 Å². The Morgan fingerprint density at radius 1 is 1.08 bits per heavy atom. The van der Waals surface area contributed by atoms with Gasteiger partial charge < -0.3 is 10.6 Å². The molecule has 2 aromatic carbocycles. The Morgan fingerprint density at radius 2 is 1.77 bits per heavy atom. The molecular weight excluding hydrogens is 372 g/mol. The lowest BCUT2D eigenvalue weighted by Crippen LogP contribution is -2.27. The summed E-state index contributed by atoms with van der Waals surface area (Å²) < 4.78 is 25.2. The predicted molar refractivity (Wildman–Crippen MR) is 105 cm³/mol. The van der Waals surface area contributed by atoms with Gasteiger partial charge in [0.25, 0.3) is 0 Å². The van der Waals surface area contributed by atoms with Crippen molar-refractivity contribution in [2.45, 2.75) is 36.0 Å². The van der Waals surface area contributed by atoms with Gasteiger partial charge in [0.2, 0.25) is 5.91 Å². The number of hydrogen-bond acceptors (Lipinski definition) is 4. The van der Waals surface area contributed by atoms with Crippen LogP contribution in [0, 0.1) is 0 Å². The summed E-state index contributed by atoms with van der Waals surface area (Å²) in [5.74, 6) is -0.237. The number of sulfone groups is 1. The Morgan fingerprint density at radius 3 is 2.46 bits per heavy atom. The quantitative estimate of drug-likeness (QED) is 0.789. The van der Waals surface area contributed by atoms with Gasteiger partial charge in [-0.25, -0.2) is 8.42 Å². The second kappa shape index (κ2) is 9.16. The number of carbonyl (C=O) groups is 1. The zero-order valence-electron chi connectivity index (χ0n) is 14.4. The van der Waals surface area contributed by atoms with Crippen LogP contribution < -0.4 is 10.6 Å². The van der Waals surface area contributed by atoms with Gasteiger partial charge in [0.1, 0.15) is 0 Å². The van der Waals surface area contributed by atoms with Gasteiger partial charge >= 0.3 is 0 Å². The minimum absolute atomic E-state index is 0. The molecule has 2 aromatic rings. The standard InChI is InChI=1S/C19H22N2O3S.ClH/c22-19(13-16-8-6-12-20-16)21-18-11-5-4-7-15(18)14-25(23,24)17-9-2-1-3-10-17;/h1-5,7,9-11,16,20H,6,8,12-14H2,(H,21,22);1H. The average molecular weight is 395 g/mol. The lowest BCUT2D eigenvalue weighted by Gasteiger charge is -2.14. The Balaban J connectivity index is 0.00000243. The van der Waals surface area contributed by atoms with E-state index in [0.29, 0.717) is 17.7 Å².